The molecule has 1 heterocycles. The zero-order chi connectivity index (χ0) is 9.84. The van der Waals surface area contributed by atoms with Crippen LogP contribution in [0.15, 0.2) is 0 Å². The highest BCUT2D eigenvalue weighted by Crippen LogP contribution is 2.25. The van der Waals surface area contributed by atoms with Gasteiger partial charge in [-0.25, -0.2) is 4.39 Å². The van der Waals surface area contributed by atoms with Crippen molar-refractivity contribution in [3.63, 3.8) is 0 Å². The molecule has 1 saturated heterocycles. The van der Waals surface area contributed by atoms with Gasteiger partial charge < -0.3 is 5.11 Å². The molecule has 3 unspecified atom stereocenters. The first-order chi connectivity index (χ1) is 6.19. The molecule has 1 aliphatic heterocycles. The number of aliphatic hydroxyl groups is 1. The van der Waals surface area contributed by atoms with Crippen molar-refractivity contribution < 1.29 is 9.50 Å². The minimum Gasteiger partial charge on any atom is -0.389 e. The number of alkyl halides is 1. The summed E-state index contributed by atoms with van der Waals surface area (Å²) in [6, 6.07) is 1.06. The average molecular weight is 189 g/mol. The largest absolute Gasteiger partial charge is 0.389 e. The SMILES string of the molecule is CCC1CCC(C)N1CC(O)CF. The van der Waals surface area contributed by atoms with Gasteiger partial charge in [0, 0.05) is 18.6 Å². The van der Waals surface area contributed by atoms with Crippen LogP contribution in [0.1, 0.15) is 33.1 Å². The molecule has 0 aliphatic carbocycles. The number of rotatable bonds is 4. The molecule has 0 amide bonds. The first-order valence-corrected chi connectivity index (χ1v) is 5.18. The standard InChI is InChI=1S/C10H20FNO/c1-3-9-5-4-8(2)12(9)7-10(13)6-11/h8-10,13H,3-7H2,1-2H3. The van der Waals surface area contributed by atoms with Crippen LogP contribution in [0.4, 0.5) is 4.39 Å². The Morgan fingerprint density at radius 2 is 2.23 bits per heavy atom. The van der Waals surface area contributed by atoms with Crippen molar-refractivity contribution in [1.29, 1.82) is 0 Å². The Morgan fingerprint density at radius 3 is 2.77 bits per heavy atom. The number of likely N-dealkylation sites (tertiary alicyclic amines) is 1. The zero-order valence-electron chi connectivity index (χ0n) is 8.54. The predicted octanol–water partition coefficient (Wildman–Crippen LogP) is 1.58. The van der Waals surface area contributed by atoms with Gasteiger partial charge in [0.25, 0.3) is 0 Å². The topological polar surface area (TPSA) is 23.5 Å². The van der Waals surface area contributed by atoms with Crippen molar-refractivity contribution >= 4 is 0 Å². The number of hydrogen-bond acceptors (Lipinski definition) is 2. The van der Waals surface area contributed by atoms with Gasteiger partial charge in [0.15, 0.2) is 0 Å². The minimum absolute atomic E-state index is 0.496. The molecule has 1 fully saturated rings. The smallest absolute Gasteiger partial charge is 0.117 e. The highest BCUT2D eigenvalue weighted by Gasteiger charge is 2.30. The lowest BCUT2D eigenvalue weighted by atomic mass is 10.1. The summed E-state index contributed by atoms with van der Waals surface area (Å²) in [4.78, 5) is 2.24. The van der Waals surface area contributed by atoms with E-state index in [0.29, 0.717) is 18.6 Å². The van der Waals surface area contributed by atoms with E-state index >= 15 is 0 Å². The minimum atomic E-state index is -0.797. The molecule has 1 N–H and O–H groups in total. The summed E-state index contributed by atoms with van der Waals surface area (Å²) < 4.78 is 12.1. The van der Waals surface area contributed by atoms with Gasteiger partial charge in [0.2, 0.25) is 0 Å². The highest BCUT2D eigenvalue weighted by molar-refractivity contribution is 4.85. The number of β-amino-alcohol motifs (C(OH)–C–C–N with tert-alkyl or cyclic N) is 1. The Bertz CT molecular complexity index is 154. The maximum Gasteiger partial charge on any atom is 0.117 e. The van der Waals surface area contributed by atoms with Crippen LogP contribution in [0, 0.1) is 0 Å². The van der Waals surface area contributed by atoms with Crippen molar-refractivity contribution in [2.75, 3.05) is 13.2 Å². The molecule has 1 rings (SSSR count). The van der Waals surface area contributed by atoms with E-state index in [1.165, 1.54) is 12.8 Å². The molecule has 2 nitrogen and oxygen atoms in total. The third-order valence-corrected chi connectivity index (χ3v) is 3.02. The monoisotopic (exact) mass is 189 g/mol. The van der Waals surface area contributed by atoms with Gasteiger partial charge in [-0.05, 0) is 26.2 Å². The summed E-state index contributed by atoms with van der Waals surface area (Å²) in [6.45, 7) is 4.17. The van der Waals surface area contributed by atoms with Crippen LogP contribution in [0.2, 0.25) is 0 Å². The number of hydrogen-bond donors (Lipinski definition) is 1. The molecule has 3 heteroatoms. The lowest BCUT2D eigenvalue weighted by Gasteiger charge is -2.28. The van der Waals surface area contributed by atoms with Crippen LogP contribution < -0.4 is 0 Å². The summed E-state index contributed by atoms with van der Waals surface area (Å²) >= 11 is 0. The average Bonchev–Trinajstić information content (AvgIpc) is 2.48. The number of halogens is 1. The molecule has 0 spiro atoms. The zero-order valence-corrected chi connectivity index (χ0v) is 8.54. The van der Waals surface area contributed by atoms with E-state index in [4.69, 9.17) is 0 Å². The molecule has 0 aromatic carbocycles. The Hall–Kier alpha value is -0.150. The second kappa shape index (κ2) is 4.91. The van der Waals surface area contributed by atoms with E-state index in [1.807, 2.05) is 0 Å². The molecule has 0 bridgehead atoms. The molecule has 0 aromatic heterocycles. The molecule has 0 aromatic rings. The van der Waals surface area contributed by atoms with Gasteiger partial charge in [-0.2, -0.15) is 0 Å². The van der Waals surface area contributed by atoms with Crippen molar-refractivity contribution in [3.05, 3.63) is 0 Å². The van der Waals surface area contributed by atoms with Gasteiger partial charge in [-0.3, -0.25) is 4.90 Å². The normalized spacial score (nSPS) is 32.3. The van der Waals surface area contributed by atoms with E-state index in [9.17, 15) is 9.50 Å². The van der Waals surface area contributed by atoms with Gasteiger partial charge in [0.05, 0.1) is 6.10 Å². The van der Waals surface area contributed by atoms with Gasteiger partial charge in [-0.15, -0.1) is 0 Å². The summed E-state index contributed by atoms with van der Waals surface area (Å²) in [5.41, 5.74) is 0. The van der Waals surface area contributed by atoms with Gasteiger partial charge >= 0.3 is 0 Å². The van der Waals surface area contributed by atoms with Crippen LogP contribution in [0.3, 0.4) is 0 Å². The maximum absolute atomic E-state index is 12.1. The first kappa shape index (κ1) is 10.9. The van der Waals surface area contributed by atoms with Crippen LogP contribution in [0.5, 0.6) is 0 Å². The molecule has 3 atom stereocenters. The Balaban J connectivity index is 2.44. The van der Waals surface area contributed by atoms with Crippen LogP contribution in [0.25, 0.3) is 0 Å². The molecular formula is C10H20FNO. The Morgan fingerprint density at radius 1 is 1.54 bits per heavy atom. The van der Waals surface area contributed by atoms with E-state index in [0.717, 1.165) is 6.42 Å². The van der Waals surface area contributed by atoms with Crippen molar-refractivity contribution in [2.45, 2.75) is 51.3 Å². The number of aliphatic hydroxyl groups excluding tert-OH is 1. The summed E-state index contributed by atoms with van der Waals surface area (Å²) in [6.07, 6.45) is 2.67. The van der Waals surface area contributed by atoms with Crippen molar-refractivity contribution in [3.8, 4) is 0 Å². The Labute approximate surface area is 79.7 Å². The molecule has 1 aliphatic rings. The third-order valence-electron chi connectivity index (χ3n) is 3.02. The molecule has 13 heavy (non-hydrogen) atoms. The second-order valence-corrected chi connectivity index (χ2v) is 3.99. The van der Waals surface area contributed by atoms with E-state index in [2.05, 4.69) is 18.7 Å². The molecule has 0 saturated carbocycles. The second-order valence-electron chi connectivity index (χ2n) is 3.99. The quantitative estimate of drug-likeness (QED) is 0.725. The summed E-state index contributed by atoms with van der Waals surface area (Å²) in [7, 11) is 0. The van der Waals surface area contributed by atoms with Gasteiger partial charge in [0.1, 0.15) is 6.67 Å². The fourth-order valence-corrected chi connectivity index (χ4v) is 2.18. The maximum atomic E-state index is 12.1. The summed E-state index contributed by atoms with van der Waals surface area (Å²) in [5, 5.41) is 9.23. The first-order valence-electron chi connectivity index (χ1n) is 5.18. The number of nitrogens with zero attached hydrogens (tertiary/aromatic N) is 1. The Kier molecular flexibility index (Phi) is 4.13. The van der Waals surface area contributed by atoms with E-state index in [1.54, 1.807) is 0 Å². The van der Waals surface area contributed by atoms with Crippen LogP contribution in [-0.4, -0.2) is 41.4 Å². The molecule has 78 valence electrons. The molecule has 0 radical (unpaired) electrons. The summed E-state index contributed by atoms with van der Waals surface area (Å²) in [5.74, 6) is 0. The van der Waals surface area contributed by atoms with Crippen LogP contribution >= 0.6 is 0 Å². The van der Waals surface area contributed by atoms with Crippen molar-refractivity contribution in [1.82, 2.24) is 4.90 Å². The highest BCUT2D eigenvalue weighted by atomic mass is 19.1. The lowest BCUT2D eigenvalue weighted by Crippen LogP contribution is -2.40. The van der Waals surface area contributed by atoms with Crippen molar-refractivity contribution in [2.24, 2.45) is 0 Å². The van der Waals surface area contributed by atoms with Gasteiger partial charge in [-0.1, -0.05) is 6.92 Å². The fourth-order valence-electron chi connectivity index (χ4n) is 2.18. The third kappa shape index (κ3) is 2.64. The van der Waals surface area contributed by atoms with E-state index in [-0.39, 0.29) is 0 Å². The van der Waals surface area contributed by atoms with E-state index < -0.39 is 12.8 Å². The molecular weight excluding hydrogens is 169 g/mol. The van der Waals surface area contributed by atoms with Crippen LogP contribution in [-0.2, 0) is 0 Å². The lowest BCUT2D eigenvalue weighted by molar-refractivity contribution is 0.0685. The fraction of sp³-hybridized carbons (Fsp3) is 1.00. The predicted molar refractivity (Wildman–Crippen MR) is 51.5 cm³/mol.